The van der Waals surface area contributed by atoms with Gasteiger partial charge in [-0.15, -0.1) is 0 Å². The van der Waals surface area contributed by atoms with E-state index < -0.39 is 27.1 Å². The first-order valence-corrected chi connectivity index (χ1v) is 10.8. The van der Waals surface area contributed by atoms with Gasteiger partial charge in [-0.2, -0.15) is 5.26 Å². The average molecular weight is 537 g/mol. The number of aryl methyl sites for hydroxylation is 1. The van der Waals surface area contributed by atoms with Gasteiger partial charge in [0.2, 0.25) is 5.75 Å². The number of ether oxygens (including phenoxy) is 1. The molecule has 3 aromatic carbocycles. The molecule has 0 spiro atoms. The Kier molecular flexibility index (Phi) is 7.58. The number of halogens is 1. The van der Waals surface area contributed by atoms with Gasteiger partial charge in [-0.25, -0.2) is 0 Å². The Hall–Kier alpha value is -4.56. The molecule has 11 heteroatoms. The lowest BCUT2D eigenvalue weighted by Crippen LogP contribution is -2.14. The zero-order valence-corrected chi connectivity index (χ0v) is 20.0. The molecule has 0 aliphatic heterocycles. The van der Waals surface area contributed by atoms with Gasteiger partial charge in [-0.3, -0.25) is 25.0 Å². The van der Waals surface area contributed by atoms with E-state index in [2.05, 4.69) is 21.2 Å². The summed E-state index contributed by atoms with van der Waals surface area (Å²) >= 11 is 3.31. The largest absolute Gasteiger partial charge is 0.449 e. The van der Waals surface area contributed by atoms with Crippen LogP contribution in [0.4, 0.5) is 17.1 Å². The normalized spacial score (nSPS) is 10.9. The van der Waals surface area contributed by atoms with Crippen molar-refractivity contribution in [2.24, 2.45) is 0 Å². The summed E-state index contributed by atoms with van der Waals surface area (Å²) in [6.07, 6.45) is 1.29. The van der Waals surface area contributed by atoms with Gasteiger partial charge in [0.1, 0.15) is 17.4 Å². The van der Waals surface area contributed by atoms with Crippen LogP contribution in [-0.4, -0.2) is 15.8 Å². The molecule has 0 saturated carbocycles. The molecule has 3 rings (SSSR count). The van der Waals surface area contributed by atoms with Crippen LogP contribution < -0.4 is 10.1 Å². The number of nitriles is 1. The van der Waals surface area contributed by atoms with E-state index in [0.29, 0.717) is 10.2 Å². The predicted octanol–water partition coefficient (Wildman–Crippen LogP) is 6.22. The molecule has 3 aromatic rings. The molecule has 0 heterocycles. The number of carbonyl (C=O) groups excluding carboxylic acids is 1. The number of benzene rings is 3. The highest BCUT2D eigenvalue weighted by Crippen LogP contribution is 2.37. The van der Waals surface area contributed by atoms with Crippen LogP contribution >= 0.6 is 15.9 Å². The maximum atomic E-state index is 12.8. The van der Waals surface area contributed by atoms with E-state index in [1.54, 1.807) is 24.3 Å². The van der Waals surface area contributed by atoms with E-state index in [9.17, 15) is 30.3 Å². The number of nitro groups is 2. The summed E-state index contributed by atoms with van der Waals surface area (Å²) in [5.41, 5.74) is 1.36. The molecule has 1 N–H and O–H groups in total. The fraction of sp³-hybridized carbons (Fsp3) is 0.0833. The third-order valence-corrected chi connectivity index (χ3v) is 5.55. The van der Waals surface area contributed by atoms with Crippen molar-refractivity contribution < 1.29 is 19.4 Å². The zero-order chi connectivity index (χ0) is 25.7. The van der Waals surface area contributed by atoms with Crippen LogP contribution in [-0.2, 0) is 4.79 Å². The fourth-order valence-corrected chi connectivity index (χ4v) is 3.45. The van der Waals surface area contributed by atoms with Crippen LogP contribution in [0.2, 0.25) is 0 Å². The van der Waals surface area contributed by atoms with Crippen LogP contribution in [0.3, 0.4) is 0 Å². The monoisotopic (exact) mass is 536 g/mol. The molecule has 0 saturated heterocycles. The Labute approximate surface area is 207 Å². The van der Waals surface area contributed by atoms with Crippen molar-refractivity contribution in [3.05, 3.63) is 102 Å². The summed E-state index contributed by atoms with van der Waals surface area (Å²) in [5, 5.41) is 34.8. The Morgan fingerprint density at radius 1 is 1.06 bits per heavy atom. The minimum atomic E-state index is -0.797. The Morgan fingerprint density at radius 2 is 1.77 bits per heavy atom. The molecule has 10 nitrogen and oxygen atoms in total. The number of nitrogens with one attached hydrogen (secondary N) is 1. The number of nitro benzene ring substituents is 2. The number of rotatable bonds is 7. The number of non-ortho nitro benzene ring substituents is 1. The van der Waals surface area contributed by atoms with Crippen LogP contribution in [0.1, 0.15) is 16.7 Å². The number of nitrogens with zero attached hydrogens (tertiary/aromatic N) is 3. The van der Waals surface area contributed by atoms with E-state index in [1.165, 1.54) is 12.1 Å². The van der Waals surface area contributed by atoms with E-state index in [0.717, 1.165) is 29.3 Å². The summed E-state index contributed by atoms with van der Waals surface area (Å²) in [6.45, 7) is 3.74. The van der Waals surface area contributed by atoms with Gasteiger partial charge in [0.05, 0.1) is 15.9 Å². The molecule has 0 aliphatic carbocycles. The maximum absolute atomic E-state index is 12.8. The molecule has 176 valence electrons. The van der Waals surface area contributed by atoms with Crippen molar-refractivity contribution in [2.75, 3.05) is 5.32 Å². The number of anilines is 1. The van der Waals surface area contributed by atoms with E-state index in [1.807, 2.05) is 26.0 Å². The molecule has 0 radical (unpaired) electrons. The van der Waals surface area contributed by atoms with Crippen LogP contribution in [0, 0.1) is 45.4 Å². The van der Waals surface area contributed by atoms with Gasteiger partial charge in [-0.1, -0.05) is 28.1 Å². The maximum Gasteiger partial charge on any atom is 0.318 e. The standard InChI is InChI=1S/C24H17BrN4O6/c1-14-4-3-5-20(15(14)2)27-24(30)17(13-26)10-16-11-18(25)6-8-22(16)35-23-9-7-19(28(31)32)12-21(23)29(33)34/h3-12H,1-2H3,(H,27,30)/b17-10+. The first-order valence-electron chi connectivity index (χ1n) is 10.00. The average Bonchev–Trinajstić information content (AvgIpc) is 2.81. The van der Waals surface area contributed by atoms with Crippen LogP contribution in [0.15, 0.2) is 64.6 Å². The molecular weight excluding hydrogens is 520 g/mol. The molecule has 35 heavy (non-hydrogen) atoms. The van der Waals surface area contributed by atoms with E-state index >= 15 is 0 Å². The van der Waals surface area contributed by atoms with Crippen LogP contribution in [0.25, 0.3) is 6.08 Å². The van der Waals surface area contributed by atoms with Gasteiger partial charge in [0.25, 0.3) is 11.6 Å². The third-order valence-electron chi connectivity index (χ3n) is 5.06. The molecule has 0 atom stereocenters. The number of carbonyl (C=O) groups is 1. The Bertz CT molecular complexity index is 1430. The second-order valence-electron chi connectivity index (χ2n) is 7.32. The SMILES string of the molecule is Cc1cccc(NC(=O)/C(C#N)=C/c2cc(Br)ccc2Oc2ccc([N+](=O)[O-])cc2[N+](=O)[O-])c1C. The Morgan fingerprint density at radius 3 is 2.43 bits per heavy atom. The molecule has 0 bridgehead atoms. The molecule has 0 aliphatic rings. The number of amides is 1. The lowest BCUT2D eigenvalue weighted by Gasteiger charge is -2.11. The van der Waals surface area contributed by atoms with Gasteiger partial charge in [-0.05, 0) is 61.4 Å². The van der Waals surface area contributed by atoms with E-state index in [-0.39, 0.29) is 22.6 Å². The topological polar surface area (TPSA) is 148 Å². The van der Waals surface area contributed by atoms with Crippen molar-refractivity contribution in [3.63, 3.8) is 0 Å². The third kappa shape index (κ3) is 5.87. The van der Waals surface area contributed by atoms with Gasteiger partial charge >= 0.3 is 5.69 Å². The summed E-state index contributed by atoms with van der Waals surface area (Å²) in [7, 11) is 0. The van der Waals surface area contributed by atoms with Crippen molar-refractivity contribution in [1.29, 1.82) is 5.26 Å². The zero-order valence-electron chi connectivity index (χ0n) is 18.4. The highest BCUT2D eigenvalue weighted by atomic mass is 79.9. The summed E-state index contributed by atoms with van der Waals surface area (Å²) < 4.78 is 6.30. The van der Waals surface area contributed by atoms with Crippen molar-refractivity contribution in [2.45, 2.75) is 13.8 Å². The number of hydrogen-bond acceptors (Lipinski definition) is 7. The predicted molar refractivity (Wildman–Crippen MR) is 132 cm³/mol. The first kappa shape index (κ1) is 25.1. The molecular formula is C24H17BrN4O6. The summed E-state index contributed by atoms with van der Waals surface area (Å²) in [4.78, 5) is 33.7. The molecule has 0 unspecified atom stereocenters. The van der Waals surface area contributed by atoms with Gasteiger partial charge in [0.15, 0.2) is 0 Å². The lowest BCUT2D eigenvalue weighted by molar-refractivity contribution is -0.394. The highest BCUT2D eigenvalue weighted by molar-refractivity contribution is 9.10. The minimum Gasteiger partial charge on any atom is -0.449 e. The smallest absolute Gasteiger partial charge is 0.318 e. The van der Waals surface area contributed by atoms with Crippen LogP contribution in [0.5, 0.6) is 11.5 Å². The molecule has 0 aromatic heterocycles. The van der Waals surface area contributed by atoms with Gasteiger partial charge < -0.3 is 10.1 Å². The lowest BCUT2D eigenvalue weighted by atomic mass is 10.1. The summed E-state index contributed by atoms with van der Waals surface area (Å²) in [5.74, 6) is -0.790. The van der Waals surface area contributed by atoms with E-state index in [4.69, 9.17) is 4.74 Å². The van der Waals surface area contributed by atoms with Crippen molar-refractivity contribution in [3.8, 4) is 17.6 Å². The summed E-state index contributed by atoms with van der Waals surface area (Å²) in [6, 6.07) is 14.9. The molecule has 0 fully saturated rings. The first-order chi connectivity index (χ1) is 16.6. The Balaban J connectivity index is 2.00. The van der Waals surface area contributed by atoms with Gasteiger partial charge in [0, 0.05) is 21.8 Å². The van der Waals surface area contributed by atoms with Crippen molar-refractivity contribution in [1.82, 2.24) is 0 Å². The fourth-order valence-electron chi connectivity index (χ4n) is 3.07. The minimum absolute atomic E-state index is 0.0949. The quantitative estimate of drug-likeness (QED) is 0.163. The highest BCUT2D eigenvalue weighted by Gasteiger charge is 2.22. The second kappa shape index (κ2) is 10.6. The van der Waals surface area contributed by atoms with Crippen molar-refractivity contribution >= 4 is 45.0 Å². The molecule has 1 amide bonds. The number of hydrogen-bond donors (Lipinski definition) is 1. The second-order valence-corrected chi connectivity index (χ2v) is 8.24.